The van der Waals surface area contributed by atoms with Gasteiger partial charge in [0.25, 0.3) is 0 Å². The van der Waals surface area contributed by atoms with Gasteiger partial charge in [0, 0.05) is 5.02 Å². The molecule has 2 aromatic carbocycles. The number of benzene rings is 2. The number of hydrogen-bond donors (Lipinski definition) is 0. The van der Waals surface area contributed by atoms with Crippen molar-refractivity contribution in [1.29, 1.82) is 0 Å². The van der Waals surface area contributed by atoms with Crippen LogP contribution in [0.3, 0.4) is 0 Å². The Bertz CT molecular complexity index is 1350. The van der Waals surface area contributed by atoms with Crippen LogP contribution < -0.4 is 37.2 Å². The first-order valence-electron chi connectivity index (χ1n) is 16.2. The predicted molar refractivity (Wildman–Crippen MR) is 190 cm³/mol. The quantitative estimate of drug-likeness (QED) is 0.229. The second-order valence-corrected chi connectivity index (χ2v) is 14.4. The molecule has 1 radical (unpaired) electrons. The van der Waals surface area contributed by atoms with Crippen LogP contribution in [0.15, 0.2) is 46.4 Å². The van der Waals surface area contributed by atoms with Gasteiger partial charge in [0.2, 0.25) is 0 Å². The van der Waals surface area contributed by atoms with Crippen LogP contribution in [0.2, 0.25) is 5.02 Å². The van der Waals surface area contributed by atoms with E-state index in [0.717, 1.165) is 34.2 Å². The summed E-state index contributed by atoms with van der Waals surface area (Å²) in [5.41, 5.74) is 13.2. The average molecular weight is 763 g/mol. The molecule has 0 aliphatic rings. The fourth-order valence-corrected chi connectivity index (χ4v) is 5.62. The maximum Gasteiger partial charge on any atom is 3.00 e. The Morgan fingerprint density at radius 1 is 0.489 bits per heavy atom. The van der Waals surface area contributed by atoms with Gasteiger partial charge in [-0.15, -0.1) is 0 Å². The smallest absolute Gasteiger partial charge is 1.00 e. The number of hydrogen-bond acceptors (Lipinski definition) is 3. The molecule has 0 fully saturated rings. The topological polar surface area (TPSA) is 37.6 Å². The van der Waals surface area contributed by atoms with Gasteiger partial charge in [-0.1, -0.05) is 119 Å². The third kappa shape index (κ3) is 11.9. The molecule has 0 saturated carbocycles. The molecule has 0 amide bonds. The summed E-state index contributed by atoms with van der Waals surface area (Å²) in [6.07, 6.45) is 0. The summed E-state index contributed by atoms with van der Waals surface area (Å²) in [5, 5.41) is 0.635. The van der Waals surface area contributed by atoms with Gasteiger partial charge >= 0.3 is 17.1 Å². The minimum Gasteiger partial charge on any atom is -1.00 e. The summed E-state index contributed by atoms with van der Waals surface area (Å²) >= 11 is 6.73. The SMILES string of the molecule is CC(=Nc1c(C(C)C)cc(C(C)C)cc1C(C)C)c1cc(Cl)cc(C(C)=Nc2c(C(C)C)cc(C(C)C)cc2C(C)C)n1.[Cl-].[Cl-].[Cl-].[Fe+3]. The van der Waals surface area contributed by atoms with Crippen molar-refractivity contribution in [3.8, 4) is 0 Å². The van der Waals surface area contributed by atoms with Gasteiger partial charge in [0.1, 0.15) is 0 Å². The summed E-state index contributed by atoms with van der Waals surface area (Å²) in [7, 11) is 0. The Balaban J connectivity index is 0. The average Bonchev–Trinajstić information content (AvgIpc) is 2.91. The summed E-state index contributed by atoms with van der Waals surface area (Å²) in [4.78, 5) is 15.6. The second-order valence-electron chi connectivity index (χ2n) is 14.0. The van der Waals surface area contributed by atoms with Crippen LogP contribution in [-0.4, -0.2) is 16.4 Å². The Kier molecular flexibility index (Phi) is 20.6. The first kappa shape index (κ1) is 47.7. The molecule has 3 aromatic rings. The molecule has 0 aliphatic heterocycles. The van der Waals surface area contributed by atoms with Crippen LogP contribution in [0.25, 0.3) is 0 Å². The number of halogens is 4. The number of aliphatic imine (C=N–C) groups is 2. The van der Waals surface area contributed by atoms with Crippen molar-refractivity contribution in [3.05, 3.63) is 86.2 Å². The van der Waals surface area contributed by atoms with Gasteiger partial charge in [-0.25, -0.2) is 4.98 Å². The van der Waals surface area contributed by atoms with Crippen molar-refractivity contribution in [2.24, 2.45) is 9.98 Å². The molecule has 0 atom stereocenters. The van der Waals surface area contributed by atoms with Crippen LogP contribution in [0.1, 0.15) is 177 Å². The molecule has 1 aromatic heterocycles. The monoisotopic (exact) mass is 760 g/mol. The normalized spacial score (nSPS) is 12.0. The van der Waals surface area contributed by atoms with Crippen LogP contribution >= 0.6 is 11.6 Å². The Labute approximate surface area is 320 Å². The molecular formula is C39H54Cl4FeN3. The molecule has 0 spiro atoms. The molecule has 0 unspecified atom stereocenters. The van der Waals surface area contributed by atoms with E-state index in [1.54, 1.807) is 0 Å². The summed E-state index contributed by atoms with van der Waals surface area (Å²) in [6, 6.07) is 13.2. The van der Waals surface area contributed by atoms with Crippen molar-refractivity contribution in [2.75, 3.05) is 0 Å². The fraction of sp³-hybridized carbons (Fsp3) is 0.513. The summed E-state index contributed by atoms with van der Waals surface area (Å²) < 4.78 is 0. The van der Waals surface area contributed by atoms with Crippen LogP contribution in [0, 0.1) is 0 Å². The maximum absolute atomic E-state index is 6.73. The van der Waals surface area contributed by atoms with Gasteiger partial charge in [0.15, 0.2) is 0 Å². The minimum atomic E-state index is 0. The molecule has 0 aliphatic carbocycles. The Morgan fingerprint density at radius 3 is 0.957 bits per heavy atom. The van der Waals surface area contributed by atoms with E-state index in [4.69, 9.17) is 26.6 Å². The third-order valence-electron chi connectivity index (χ3n) is 8.29. The molecule has 0 bridgehead atoms. The van der Waals surface area contributed by atoms with E-state index in [1.165, 1.54) is 33.4 Å². The van der Waals surface area contributed by atoms with E-state index in [9.17, 15) is 0 Å². The van der Waals surface area contributed by atoms with E-state index < -0.39 is 0 Å². The predicted octanol–water partition coefficient (Wildman–Crippen LogP) is 3.77. The number of rotatable bonds is 10. The molecule has 0 saturated heterocycles. The molecule has 47 heavy (non-hydrogen) atoms. The first-order valence-corrected chi connectivity index (χ1v) is 16.5. The Morgan fingerprint density at radius 2 is 0.745 bits per heavy atom. The third-order valence-corrected chi connectivity index (χ3v) is 8.51. The Hall–Kier alpha value is -1.39. The largest absolute Gasteiger partial charge is 3.00 e. The van der Waals surface area contributed by atoms with Gasteiger partial charge in [-0.2, -0.15) is 0 Å². The number of pyridine rings is 1. The van der Waals surface area contributed by atoms with Gasteiger partial charge in [0.05, 0.1) is 34.2 Å². The zero-order chi connectivity index (χ0) is 32.3. The molecule has 3 rings (SSSR count). The number of nitrogens with zero attached hydrogens (tertiary/aromatic N) is 3. The van der Waals surface area contributed by atoms with Crippen molar-refractivity contribution in [1.82, 2.24) is 4.98 Å². The molecule has 3 nitrogen and oxygen atoms in total. The van der Waals surface area contributed by atoms with Crippen molar-refractivity contribution >= 4 is 34.4 Å². The van der Waals surface area contributed by atoms with E-state index >= 15 is 0 Å². The molecule has 261 valence electrons. The zero-order valence-electron chi connectivity index (χ0n) is 30.6. The van der Waals surface area contributed by atoms with E-state index in [2.05, 4.69) is 107 Å². The van der Waals surface area contributed by atoms with Gasteiger partial charge in [-0.3, -0.25) is 9.98 Å². The standard InChI is InChI=1S/C39H54ClN3.3ClH.Fe/c1-21(2)29-15-32(23(5)6)38(33(16-29)24(7)8)41-27(13)36-19-31(40)20-37(43-36)28(14)42-39-34(25(9)10)17-30(22(3)4)18-35(39)26(11)12;;;;/h15-26H,1-14H3;3*1H;/q;;;;+3/p-3. The maximum atomic E-state index is 6.73. The van der Waals surface area contributed by atoms with Crippen molar-refractivity contribution in [3.63, 3.8) is 0 Å². The summed E-state index contributed by atoms with van der Waals surface area (Å²) in [5.74, 6) is 2.34. The van der Waals surface area contributed by atoms with Gasteiger partial charge < -0.3 is 37.2 Å². The van der Waals surface area contributed by atoms with Crippen molar-refractivity contribution < 1.29 is 54.3 Å². The first-order chi connectivity index (χ1) is 20.0. The molecule has 1 heterocycles. The molecular weight excluding hydrogens is 708 g/mol. The molecule has 0 N–H and O–H groups in total. The second kappa shape index (κ2) is 20.3. The zero-order valence-corrected chi connectivity index (χ0v) is 34.8. The van der Waals surface area contributed by atoms with Crippen molar-refractivity contribution in [2.45, 2.75) is 132 Å². The molecule has 8 heteroatoms. The summed E-state index contributed by atoms with van der Waals surface area (Å²) in [6.45, 7) is 31.1. The van der Waals surface area contributed by atoms with E-state index in [1.807, 2.05) is 26.0 Å². The van der Waals surface area contributed by atoms with E-state index in [0.29, 0.717) is 40.5 Å². The van der Waals surface area contributed by atoms with Crippen LogP contribution in [0.5, 0.6) is 0 Å². The van der Waals surface area contributed by atoms with Crippen LogP contribution in [-0.2, 0) is 17.1 Å². The van der Waals surface area contributed by atoms with E-state index in [-0.39, 0.29) is 54.3 Å². The number of aromatic nitrogens is 1. The van der Waals surface area contributed by atoms with Crippen LogP contribution in [0.4, 0.5) is 11.4 Å². The fourth-order valence-electron chi connectivity index (χ4n) is 5.41. The minimum absolute atomic E-state index is 0. The van der Waals surface area contributed by atoms with Gasteiger partial charge in [-0.05, 0) is 94.9 Å².